The highest BCUT2D eigenvalue weighted by Crippen LogP contribution is 2.45. The van der Waals surface area contributed by atoms with Gasteiger partial charge in [-0.15, -0.1) is 0 Å². The molecule has 36 heavy (non-hydrogen) atoms. The average molecular weight is 485 g/mol. The van der Waals surface area contributed by atoms with Crippen molar-refractivity contribution in [1.29, 1.82) is 0 Å². The van der Waals surface area contributed by atoms with Gasteiger partial charge in [-0.05, 0) is 34.4 Å². The van der Waals surface area contributed by atoms with Gasteiger partial charge in [-0.1, -0.05) is 103 Å². The Morgan fingerprint density at radius 1 is 0.639 bits per heavy atom. The van der Waals surface area contributed by atoms with E-state index in [-0.39, 0.29) is 13.2 Å². The van der Waals surface area contributed by atoms with Crippen molar-refractivity contribution >= 4 is 6.08 Å². The van der Waals surface area contributed by atoms with E-state index in [4.69, 9.17) is 23.7 Å². The van der Waals surface area contributed by atoms with Crippen molar-refractivity contribution in [3.05, 3.63) is 137 Å². The number of benzene rings is 3. The first-order valence-corrected chi connectivity index (χ1v) is 11.8. The molecule has 0 spiro atoms. The summed E-state index contributed by atoms with van der Waals surface area (Å²) in [6.45, 7) is 0.538. The monoisotopic (exact) mass is 484 g/mol. The number of rotatable bonds is 11. The number of hydrogen-bond donors (Lipinski definition) is 0. The number of allylic oxidation sites excluding steroid dienone is 3. The van der Waals surface area contributed by atoms with Crippen LogP contribution in [0.25, 0.3) is 6.08 Å². The summed E-state index contributed by atoms with van der Waals surface area (Å²) in [5.41, 5.74) is 3.88. The predicted octanol–water partition coefficient (Wildman–Crippen LogP) is 6.29. The van der Waals surface area contributed by atoms with Crippen LogP contribution in [0.3, 0.4) is 0 Å². The topological polar surface area (TPSA) is 46.2 Å². The van der Waals surface area contributed by atoms with E-state index in [2.05, 4.69) is 0 Å². The van der Waals surface area contributed by atoms with E-state index in [1.165, 1.54) is 0 Å². The van der Waals surface area contributed by atoms with E-state index in [9.17, 15) is 0 Å². The first-order chi connectivity index (χ1) is 17.6. The van der Waals surface area contributed by atoms with Crippen LogP contribution < -0.4 is 0 Å². The van der Waals surface area contributed by atoms with E-state index in [1.807, 2.05) is 115 Å². The minimum Gasteiger partial charge on any atom is -0.495 e. The number of ether oxygens (including phenoxy) is 5. The standard InChI is InChI=1S/C31H32O5/c1-32-29-21-28(20-19-25-13-7-4-8-14-25)22-30(33-2,35-23-26-15-9-5-10-16-26)31(29,34-3)36-24-27-17-11-6-12-18-27/h4-22H,23-24H2,1-3H3. The summed E-state index contributed by atoms with van der Waals surface area (Å²) in [7, 11) is 4.74. The molecule has 3 aromatic carbocycles. The minimum atomic E-state index is -1.49. The van der Waals surface area contributed by atoms with Crippen molar-refractivity contribution < 1.29 is 23.7 Å². The molecular weight excluding hydrogens is 452 g/mol. The lowest BCUT2D eigenvalue weighted by molar-refractivity contribution is -0.379. The van der Waals surface area contributed by atoms with Crippen molar-refractivity contribution in [3.63, 3.8) is 0 Å². The Labute approximate surface area is 213 Å². The summed E-state index contributed by atoms with van der Waals surface area (Å²) in [6, 6.07) is 29.9. The minimum absolute atomic E-state index is 0.262. The first-order valence-electron chi connectivity index (χ1n) is 11.8. The fourth-order valence-corrected chi connectivity index (χ4v) is 4.21. The summed E-state index contributed by atoms with van der Waals surface area (Å²) < 4.78 is 31.0. The predicted molar refractivity (Wildman–Crippen MR) is 141 cm³/mol. The summed E-state index contributed by atoms with van der Waals surface area (Å²) >= 11 is 0. The molecule has 0 saturated carbocycles. The third kappa shape index (κ3) is 5.50. The zero-order chi connectivity index (χ0) is 25.3. The molecule has 3 aromatic rings. The molecule has 1 aliphatic carbocycles. The second-order valence-electron chi connectivity index (χ2n) is 8.34. The molecule has 0 radical (unpaired) electrons. The molecule has 0 amide bonds. The maximum atomic E-state index is 6.51. The zero-order valence-electron chi connectivity index (χ0n) is 20.9. The molecule has 0 aromatic heterocycles. The van der Waals surface area contributed by atoms with Crippen LogP contribution in [0.2, 0.25) is 0 Å². The van der Waals surface area contributed by atoms with E-state index in [1.54, 1.807) is 21.3 Å². The highest BCUT2D eigenvalue weighted by Gasteiger charge is 2.60. The van der Waals surface area contributed by atoms with E-state index in [0.717, 1.165) is 22.3 Å². The third-order valence-corrected chi connectivity index (χ3v) is 6.10. The Kier molecular flexibility index (Phi) is 8.52. The SMILES string of the molecule is COC1=CC(C=Cc2ccccc2)=CC(OC)(OCc2ccccc2)C1(OC)OCc1ccccc1. The van der Waals surface area contributed by atoms with Crippen LogP contribution in [-0.4, -0.2) is 32.9 Å². The van der Waals surface area contributed by atoms with Crippen LogP contribution in [0.1, 0.15) is 16.7 Å². The van der Waals surface area contributed by atoms with Crippen LogP contribution in [0.15, 0.2) is 121 Å². The van der Waals surface area contributed by atoms with E-state index >= 15 is 0 Å². The highest BCUT2D eigenvalue weighted by atomic mass is 16.8. The van der Waals surface area contributed by atoms with Crippen LogP contribution in [0, 0.1) is 0 Å². The van der Waals surface area contributed by atoms with Crippen LogP contribution in [0.5, 0.6) is 0 Å². The maximum absolute atomic E-state index is 6.51. The molecule has 0 aliphatic heterocycles. The van der Waals surface area contributed by atoms with Crippen LogP contribution >= 0.6 is 0 Å². The molecule has 2 unspecified atom stereocenters. The van der Waals surface area contributed by atoms with Crippen LogP contribution in [-0.2, 0) is 36.9 Å². The second-order valence-corrected chi connectivity index (χ2v) is 8.34. The van der Waals surface area contributed by atoms with Crippen molar-refractivity contribution in [2.24, 2.45) is 0 Å². The number of hydrogen-bond acceptors (Lipinski definition) is 5. The van der Waals surface area contributed by atoms with E-state index < -0.39 is 11.6 Å². The van der Waals surface area contributed by atoms with Gasteiger partial charge in [-0.25, -0.2) is 0 Å². The van der Waals surface area contributed by atoms with Crippen LogP contribution in [0.4, 0.5) is 0 Å². The van der Waals surface area contributed by atoms with E-state index in [0.29, 0.717) is 5.76 Å². The molecule has 5 nitrogen and oxygen atoms in total. The molecule has 1 aliphatic rings. The number of methoxy groups -OCH3 is 3. The van der Waals surface area contributed by atoms with Gasteiger partial charge in [-0.3, -0.25) is 0 Å². The lowest BCUT2D eigenvalue weighted by Crippen LogP contribution is -2.61. The zero-order valence-corrected chi connectivity index (χ0v) is 20.9. The molecule has 2 atom stereocenters. The van der Waals surface area contributed by atoms with Crippen molar-refractivity contribution in [1.82, 2.24) is 0 Å². The average Bonchev–Trinajstić information content (AvgIpc) is 2.95. The van der Waals surface area contributed by atoms with Gasteiger partial charge in [0.2, 0.25) is 0 Å². The van der Waals surface area contributed by atoms with Gasteiger partial charge >= 0.3 is 0 Å². The summed E-state index contributed by atoms with van der Waals surface area (Å²) in [4.78, 5) is 0. The molecule has 0 bridgehead atoms. The molecule has 5 heteroatoms. The fraction of sp³-hybridized carbons (Fsp3) is 0.226. The van der Waals surface area contributed by atoms with Crippen molar-refractivity contribution in [2.45, 2.75) is 24.8 Å². The largest absolute Gasteiger partial charge is 0.495 e. The maximum Gasteiger partial charge on any atom is 0.288 e. The Morgan fingerprint density at radius 2 is 1.19 bits per heavy atom. The molecule has 0 fully saturated rings. The normalized spacial score (nSPS) is 21.8. The van der Waals surface area contributed by atoms with Gasteiger partial charge in [0.1, 0.15) is 0 Å². The van der Waals surface area contributed by atoms with Crippen molar-refractivity contribution in [3.8, 4) is 0 Å². The summed E-state index contributed by atoms with van der Waals surface area (Å²) in [5.74, 6) is -2.50. The highest BCUT2D eigenvalue weighted by molar-refractivity contribution is 5.56. The summed E-state index contributed by atoms with van der Waals surface area (Å²) in [6.07, 6.45) is 7.78. The van der Waals surface area contributed by atoms with Gasteiger partial charge in [0.25, 0.3) is 11.6 Å². The smallest absolute Gasteiger partial charge is 0.288 e. The lowest BCUT2D eigenvalue weighted by atomic mass is 9.91. The Balaban J connectivity index is 1.75. The van der Waals surface area contributed by atoms with Gasteiger partial charge < -0.3 is 23.7 Å². The Bertz CT molecular complexity index is 1190. The van der Waals surface area contributed by atoms with Crippen molar-refractivity contribution in [2.75, 3.05) is 21.3 Å². The quantitative estimate of drug-likeness (QED) is 0.299. The molecule has 0 N–H and O–H groups in total. The first kappa shape index (κ1) is 25.6. The molecule has 186 valence electrons. The van der Waals surface area contributed by atoms with Gasteiger partial charge in [0.05, 0.1) is 20.3 Å². The molecular formula is C31H32O5. The van der Waals surface area contributed by atoms with Gasteiger partial charge in [0.15, 0.2) is 5.76 Å². The lowest BCUT2D eigenvalue weighted by Gasteiger charge is -2.47. The molecule has 0 saturated heterocycles. The van der Waals surface area contributed by atoms with Gasteiger partial charge in [-0.2, -0.15) is 0 Å². The fourth-order valence-electron chi connectivity index (χ4n) is 4.21. The van der Waals surface area contributed by atoms with Gasteiger partial charge in [0, 0.05) is 14.2 Å². The molecule has 0 heterocycles. The molecule has 4 rings (SSSR count). The Hall–Kier alpha value is -3.48. The second kappa shape index (κ2) is 12.0. The third-order valence-electron chi connectivity index (χ3n) is 6.10. The Morgan fingerprint density at radius 3 is 1.72 bits per heavy atom. The summed E-state index contributed by atoms with van der Waals surface area (Å²) in [5, 5.41) is 0.